The van der Waals surface area contributed by atoms with E-state index in [9.17, 15) is 4.79 Å². The standard InChI is InChI=1S/C17H30O2/c1-8-17(10-13(4)9-14(5)11-17)16(6,7)19-15(18)12(2)3/h13-14H,2,8-11H2,1,3-7H3. The van der Waals surface area contributed by atoms with Gasteiger partial charge in [0.15, 0.2) is 0 Å². The van der Waals surface area contributed by atoms with E-state index in [4.69, 9.17) is 4.74 Å². The first-order chi connectivity index (χ1) is 8.63. The molecule has 0 spiro atoms. The molecule has 19 heavy (non-hydrogen) atoms. The van der Waals surface area contributed by atoms with Crippen molar-refractivity contribution in [2.45, 2.75) is 72.8 Å². The monoisotopic (exact) mass is 266 g/mol. The maximum atomic E-state index is 11.9. The smallest absolute Gasteiger partial charge is 0.333 e. The molecule has 0 heterocycles. The SMILES string of the molecule is C=C(C)C(=O)OC(C)(C)C1(CC)CC(C)CC(C)C1. The summed E-state index contributed by atoms with van der Waals surface area (Å²) < 4.78 is 5.79. The lowest BCUT2D eigenvalue weighted by molar-refractivity contribution is -0.174. The van der Waals surface area contributed by atoms with E-state index in [0.29, 0.717) is 17.4 Å². The molecule has 0 bridgehead atoms. The lowest BCUT2D eigenvalue weighted by atomic mass is 9.58. The number of carbonyl (C=O) groups excluding carboxylic acids is 1. The van der Waals surface area contributed by atoms with Gasteiger partial charge in [0.05, 0.1) is 0 Å². The van der Waals surface area contributed by atoms with Crippen LogP contribution in [-0.2, 0) is 9.53 Å². The summed E-state index contributed by atoms with van der Waals surface area (Å²) in [6, 6.07) is 0. The Bertz CT molecular complexity index is 344. The molecule has 1 saturated carbocycles. The molecule has 0 radical (unpaired) electrons. The molecule has 0 aromatic heterocycles. The van der Waals surface area contributed by atoms with Crippen molar-refractivity contribution >= 4 is 5.97 Å². The molecule has 0 aromatic rings. The number of rotatable bonds is 4. The summed E-state index contributed by atoms with van der Waals surface area (Å²) >= 11 is 0. The fourth-order valence-electron chi connectivity index (χ4n) is 3.90. The molecule has 110 valence electrons. The highest BCUT2D eigenvalue weighted by Crippen LogP contribution is 2.52. The Balaban J connectivity index is 2.98. The Labute approximate surface area is 118 Å². The molecule has 2 unspecified atom stereocenters. The number of hydrogen-bond acceptors (Lipinski definition) is 2. The van der Waals surface area contributed by atoms with Crippen LogP contribution in [0.1, 0.15) is 67.2 Å². The summed E-state index contributed by atoms with van der Waals surface area (Å²) in [6.45, 7) is 16.4. The Morgan fingerprint density at radius 1 is 1.32 bits per heavy atom. The van der Waals surface area contributed by atoms with Crippen molar-refractivity contribution in [2.24, 2.45) is 17.3 Å². The van der Waals surface area contributed by atoms with Gasteiger partial charge in [-0.1, -0.05) is 27.4 Å². The second kappa shape index (κ2) is 5.68. The van der Waals surface area contributed by atoms with Crippen LogP contribution in [0, 0.1) is 17.3 Å². The predicted molar refractivity (Wildman–Crippen MR) is 79.9 cm³/mol. The van der Waals surface area contributed by atoms with Gasteiger partial charge in [-0.25, -0.2) is 4.79 Å². The minimum absolute atomic E-state index is 0.0925. The molecule has 0 aliphatic heterocycles. The van der Waals surface area contributed by atoms with Crippen molar-refractivity contribution in [3.05, 3.63) is 12.2 Å². The predicted octanol–water partition coefficient (Wildman–Crippen LogP) is 4.74. The third-order valence-electron chi connectivity index (χ3n) is 4.93. The van der Waals surface area contributed by atoms with Crippen LogP contribution in [0.3, 0.4) is 0 Å². The van der Waals surface area contributed by atoms with Gasteiger partial charge in [0, 0.05) is 11.0 Å². The van der Waals surface area contributed by atoms with Crippen LogP contribution < -0.4 is 0 Å². The fraction of sp³-hybridized carbons (Fsp3) is 0.824. The zero-order valence-corrected chi connectivity index (χ0v) is 13.5. The minimum Gasteiger partial charge on any atom is -0.456 e. The Kier molecular flexibility index (Phi) is 4.86. The van der Waals surface area contributed by atoms with Gasteiger partial charge in [-0.3, -0.25) is 0 Å². The number of esters is 1. The van der Waals surface area contributed by atoms with Gasteiger partial charge in [0.2, 0.25) is 0 Å². The molecule has 2 heteroatoms. The van der Waals surface area contributed by atoms with Crippen LogP contribution >= 0.6 is 0 Å². The van der Waals surface area contributed by atoms with Crippen LogP contribution in [0.2, 0.25) is 0 Å². The van der Waals surface area contributed by atoms with E-state index in [1.54, 1.807) is 6.92 Å². The Hall–Kier alpha value is -0.790. The normalized spacial score (nSPS) is 31.9. The van der Waals surface area contributed by atoms with E-state index in [1.807, 2.05) is 0 Å². The molecule has 0 N–H and O–H groups in total. The van der Waals surface area contributed by atoms with Crippen molar-refractivity contribution < 1.29 is 9.53 Å². The van der Waals surface area contributed by atoms with E-state index in [2.05, 4.69) is 41.2 Å². The topological polar surface area (TPSA) is 26.3 Å². The van der Waals surface area contributed by atoms with Crippen molar-refractivity contribution in [3.63, 3.8) is 0 Å². The fourth-order valence-corrected chi connectivity index (χ4v) is 3.90. The first kappa shape index (κ1) is 16.3. The van der Waals surface area contributed by atoms with E-state index in [-0.39, 0.29) is 11.4 Å². The second-order valence-electron chi connectivity index (χ2n) is 7.17. The largest absolute Gasteiger partial charge is 0.456 e. The Morgan fingerprint density at radius 2 is 1.79 bits per heavy atom. The lowest BCUT2D eigenvalue weighted by Gasteiger charge is -2.51. The summed E-state index contributed by atoms with van der Waals surface area (Å²) in [5, 5.41) is 0. The molecule has 0 aromatic carbocycles. The van der Waals surface area contributed by atoms with Gasteiger partial charge < -0.3 is 4.74 Å². The highest BCUT2D eigenvalue weighted by Gasteiger charge is 2.49. The first-order valence-electron chi connectivity index (χ1n) is 7.52. The van der Waals surface area contributed by atoms with Gasteiger partial charge in [-0.2, -0.15) is 0 Å². The quantitative estimate of drug-likeness (QED) is 0.543. The molecule has 1 fully saturated rings. The molecule has 0 amide bonds. The second-order valence-corrected chi connectivity index (χ2v) is 7.17. The average Bonchev–Trinajstić information content (AvgIpc) is 2.26. The summed E-state index contributed by atoms with van der Waals surface area (Å²) in [6.07, 6.45) is 4.62. The maximum Gasteiger partial charge on any atom is 0.333 e. The van der Waals surface area contributed by atoms with E-state index in [0.717, 1.165) is 19.3 Å². The summed E-state index contributed by atoms with van der Waals surface area (Å²) in [5.74, 6) is 1.14. The molecular formula is C17H30O2. The molecule has 1 aliphatic carbocycles. The number of carbonyl (C=O) groups is 1. The van der Waals surface area contributed by atoms with Gasteiger partial charge in [0.1, 0.15) is 5.60 Å². The molecule has 1 aliphatic rings. The van der Waals surface area contributed by atoms with Crippen LogP contribution in [-0.4, -0.2) is 11.6 Å². The molecule has 0 saturated heterocycles. The maximum absolute atomic E-state index is 11.9. The third-order valence-corrected chi connectivity index (χ3v) is 4.93. The summed E-state index contributed by atoms with van der Waals surface area (Å²) in [5.41, 5.74) is 0.145. The first-order valence-corrected chi connectivity index (χ1v) is 7.52. The molecule has 2 atom stereocenters. The zero-order chi connectivity index (χ0) is 14.8. The zero-order valence-electron chi connectivity index (χ0n) is 13.5. The summed E-state index contributed by atoms with van der Waals surface area (Å²) in [7, 11) is 0. The number of hydrogen-bond donors (Lipinski definition) is 0. The van der Waals surface area contributed by atoms with Crippen LogP contribution in [0.4, 0.5) is 0 Å². The lowest BCUT2D eigenvalue weighted by Crippen LogP contribution is -2.50. The van der Waals surface area contributed by atoms with Crippen LogP contribution in [0.5, 0.6) is 0 Å². The van der Waals surface area contributed by atoms with Crippen molar-refractivity contribution in [1.29, 1.82) is 0 Å². The minimum atomic E-state index is -0.430. The van der Waals surface area contributed by atoms with E-state index >= 15 is 0 Å². The average molecular weight is 266 g/mol. The van der Waals surface area contributed by atoms with Gasteiger partial charge in [-0.15, -0.1) is 0 Å². The number of ether oxygens (including phenoxy) is 1. The van der Waals surface area contributed by atoms with Crippen molar-refractivity contribution in [2.75, 3.05) is 0 Å². The Morgan fingerprint density at radius 3 is 2.16 bits per heavy atom. The summed E-state index contributed by atoms with van der Waals surface area (Å²) in [4.78, 5) is 11.9. The highest BCUT2D eigenvalue weighted by molar-refractivity contribution is 5.87. The van der Waals surface area contributed by atoms with Gasteiger partial charge in [-0.05, 0) is 58.3 Å². The van der Waals surface area contributed by atoms with Crippen molar-refractivity contribution in [3.8, 4) is 0 Å². The third kappa shape index (κ3) is 3.40. The highest BCUT2D eigenvalue weighted by atomic mass is 16.6. The van der Waals surface area contributed by atoms with Crippen LogP contribution in [0.15, 0.2) is 12.2 Å². The molecule has 2 nitrogen and oxygen atoms in total. The molecular weight excluding hydrogens is 236 g/mol. The van der Waals surface area contributed by atoms with Gasteiger partial charge in [0.25, 0.3) is 0 Å². The van der Waals surface area contributed by atoms with E-state index in [1.165, 1.54) is 6.42 Å². The molecule has 1 rings (SSSR count). The van der Waals surface area contributed by atoms with Gasteiger partial charge >= 0.3 is 5.97 Å². The van der Waals surface area contributed by atoms with Crippen LogP contribution in [0.25, 0.3) is 0 Å². The van der Waals surface area contributed by atoms with Crippen molar-refractivity contribution in [1.82, 2.24) is 0 Å². The van der Waals surface area contributed by atoms with E-state index < -0.39 is 5.60 Å².